The highest BCUT2D eigenvalue weighted by Crippen LogP contribution is 2.46. The zero-order valence-electron chi connectivity index (χ0n) is 20.0. The molecule has 0 aliphatic heterocycles. The van der Waals surface area contributed by atoms with Gasteiger partial charge in [-0.1, -0.05) is 19.1 Å². The summed E-state index contributed by atoms with van der Waals surface area (Å²) in [7, 11) is 1.87. The first-order valence-electron chi connectivity index (χ1n) is 11.9. The van der Waals surface area contributed by atoms with Crippen molar-refractivity contribution in [1.82, 2.24) is 20.6 Å². The van der Waals surface area contributed by atoms with Crippen molar-refractivity contribution in [2.24, 2.45) is 11.3 Å². The number of benzene rings is 1. The molecule has 1 heterocycles. The maximum atomic E-state index is 13.9. The average Bonchev–Trinajstić information content (AvgIpc) is 3.66. The monoisotopic (exact) mass is 493 g/mol. The average molecular weight is 494 g/mol. The Kier molecular flexibility index (Phi) is 7.04. The number of alkyl halides is 3. The number of hydrogen-bond acceptors (Lipinski definition) is 4. The maximum absolute atomic E-state index is 13.9. The fraction of sp³-hybridized carbons (Fsp3) is 0.560. The molecule has 2 aliphatic rings. The predicted octanol–water partition coefficient (Wildman–Crippen LogP) is 5.26. The van der Waals surface area contributed by atoms with Crippen LogP contribution in [0.3, 0.4) is 0 Å². The van der Waals surface area contributed by atoms with Crippen molar-refractivity contribution in [1.29, 1.82) is 0 Å². The van der Waals surface area contributed by atoms with Gasteiger partial charge in [0.05, 0.1) is 18.1 Å². The second-order valence-electron chi connectivity index (χ2n) is 10.1. The minimum absolute atomic E-state index is 0.225. The number of aromatic nitrogens is 2. The zero-order chi connectivity index (χ0) is 25.3. The van der Waals surface area contributed by atoms with E-state index in [-0.39, 0.29) is 28.5 Å². The van der Waals surface area contributed by atoms with E-state index in [4.69, 9.17) is 0 Å². The highest BCUT2D eigenvalue weighted by Gasteiger charge is 2.42. The quantitative estimate of drug-likeness (QED) is 0.517. The molecule has 2 fully saturated rings. The van der Waals surface area contributed by atoms with Crippen LogP contribution in [0.1, 0.15) is 56.8 Å². The fourth-order valence-corrected chi connectivity index (χ4v) is 4.83. The molecule has 2 N–H and O–H groups in total. The van der Waals surface area contributed by atoms with E-state index >= 15 is 0 Å². The molecule has 0 bridgehead atoms. The molecule has 2 aliphatic carbocycles. The van der Waals surface area contributed by atoms with E-state index in [1.54, 1.807) is 12.1 Å². The van der Waals surface area contributed by atoms with Crippen LogP contribution in [0.2, 0.25) is 0 Å². The van der Waals surface area contributed by atoms with Crippen molar-refractivity contribution < 1.29 is 22.4 Å². The van der Waals surface area contributed by atoms with Gasteiger partial charge in [-0.15, -0.1) is 0 Å². The first kappa shape index (κ1) is 25.3. The van der Waals surface area contributed by atoms with Crippen molar-refractivity contribution in [2.45, 2.75) is 57.2 Å². The van der Waals surface area contributed by atoms with Gasteiger partial charge in [0.1, 0.15) is 5.82 Å². The Labute approximate surface area is 202 Å². The van der Waals surface area contributed by atoms with Crippen LogP contribution in [0.25, 0.3) is 0 Å². The molecule has 4 rings (SSSR count). The van der Waals surface area contributed by atoms with E-state index in [9.17, 15) is 22.4 Å². The number of carbonyl (C=O) groups is 1. The molecule has 35 heavy (non-hydrogen) atoms. The van der Waals surface area contributed by atoms with Crippen molar-refractivity contribution in [3.05, 3.63) is 53.9 Å². The number of urea groups is 1. The Bertz CT molecular complexity index is 1030. The number of nitrogens with one attached hydrogen (secondary N) is 2. The van der Waals surface area contributed by atoms with E-state index in [0.717, 1.165) is 56.5 Å². The van der Waals surface area contributed by atoms with Crippen LogP contribution in [0.5, 0.6) is 0 Å². The number of anilines is 1. The van der Waals surface area contributed by atoms with Crippen molar-refractivity contribution in [3.63, 3.8) is 0 Å². The molecular formula is C25H31F4N5O. The highest BCUT2D eigenvalue weighted by atomic mass is 19.4. The smallest absolute Gasteiger partial charge is 0.337 e. The van der Waals surface area contributed by atoms with Gasteiger partial charge in [-0.3, -0.25) is 4.90 Å². The Morgan fingerprint density at radius 3 is 2.34 bits per heavy atom. The largest absolute Gasteiger partial charge is 0.451 e. The number of hydrogen-bond donors (Lipinski definition) is 2. The topological polar surface area (TPSA) is 70.2 Å². The molecule has 0 saturated heterocycles. The number of nitrogens with zero attached hydrogens (tertiary/aromatic N) is 3. The van der Waals surface area contributed by atoms with Crippen LogP contribution < -0.4 is 15.5 Å². The van der Waals surface area contributed by atoms with Crippen LogP contribution in [0, 0.1) is 17.2 Å². The molecule has 2 aromatic rings. The summed E-state index contributed by atoms with van der Waals surface area (Å²) in [4.78, 5) is 21.5. The van der Waals surface area contributed by atoms with Gasteiger partial charge >= 0.3 is 12.2 Å². The third-order valence-electron chi connectivity index (χ3n) is 7.39. The van der Waals surface area contributed by atoms with Crippen molar-refractivity contribution in [3.8, 4) is 0 Å². The van der Waals surface area contributed by atoms with Crippen LogP contribution in [0.15, 0.2) is 36.7 Å². The minimum Gasteiger partial charge on any atom is -0.337 e. The minimum atomic E-state index is -4.65. The number of amides is 2. The lowest BCUT2D eigenvalue weighted by atomic mass is 9.66. The van der Waals surface area contributed by atoms with E-state index in [1.807, 2.05) is 13.1 Å². The van der Waals surface area contributed by atoms with E-state index in [1.165, 1.54) is 11.0 Å². The molecule has 0 unspecified atom stereocenters. The van der Waals surface area contributed by atoms with E-state index < -0.39 is 12.0 Å². The Hall–Kier alpha value is -2.75. The van der Waals surface area contributed by atoms with Crippen LogP contribution in [0.4, 0.5) is 28.0 Å². The van der Waals surface area contributed by atoms with Gasteiger partial charge in [0.2, 0.25) is 5.82 Å². The van der Waals surface area contributed by atoms with Gasteiger partial charge in [0, 0.05) is 18.6 Å². The molecule has 0 spiro atoms. The second-order valence-corrected chi connectivity index (χ2v) is 10.1. The van der Waals surface area contributed by atoms with Crippen molar-refractivity contribution >= 4 is 11.7 Å². The standard InChI is InChI=1S/C25H31F4N5O/c1-23(8-10-24(30-2,11-9-23)18-4-3-5-19(26)12-18)16-34(22(35)33-13-17-6-7-17)20-14-31-21(32-15-20)25(27,28)29/h3-5,12,14-15,17,30H,6-11,13,16H2,1-2H3,(H,33,35). The van der Waals surface area contributed by atoms with E-state index in [0.29, 0.717) is 19.0 Å². The Balaban J connectivity index is 1.52. The summed E-state index contributed by atoms with van der Waals surface area (Å²) in [5.74, 6) is -1.07. The molecular weight excluding hydrogens is 462 g/mol. The van der Waals surface area contributed by atoms with Gasteiger partial charge in [0.15, 0.2) is 0 Å². The lowest BCUT2D eigenvalue weighted by molar-refractivity contribution is -0.144. The third-order valence-corrected chi connectivity index (χ3v) is 7.39. The number of halogens is 4. The molecule has 0 radical (unpaired) electrons. The normalized spacial score (nSPS) is 24.7. The molecule has 1 aromatic heterocycles. The van der Waals surface area contributed by atoms with Crippen LogP contribution >= 0.6 is 0 Å². The molecule has 2 saturated carbocycles. The predicted molar refractivity (Wildman–Crippen MR) is 124 cm³/mol. The van der Waals surface area contributed by atoms with Crippen LogP contribution in [-0.2, 0) is 11.7 Å². The van der Waals surface area contributed by atoms with Gasteiger partial charge in [-0.25, -0.2) is 19.2 Å². The third kappa shape index (κ3) is 5.91. The molecule has 0 atom stereocenters. The number of carbonyl (C=O) groups excluding carboxylic acids is 1. The molecule has 6 nitrogen and oxygen atoms in total. The summed E-state index contributed by atoms with van der Waals surface area (Å²) in [6, 6.07) is 6.23. The SMILES string of the molecule is CNC1(c2cccc(F)c2)CCC(C)(CN(C(=O)NCC2CC2)c2cnc(C(F)(F)F)nc2)CC1. The second kappa shape index (κ2) is 9.72. The fourth-order valence-electron chi connectivity index (χ4n) is 4.83. The lowest BCUT2D eigenvalue weighted by Gasteiger charge is -2.47. The summed E-state index contributed by atoms with van der Waals surface area (Å²) < 4.78 is 52.8. The van der Waals surface area contributed by atoms with Crippen LogP contribution in [-0.4, -0.2) is 36.1 Å². The summed E-state index contributed by atoms with van der Waals surface area (Å²) >= 11 is 0. The molecule has 1 aromatic carbocycles. The summed E-state index contributed by atoms with van der Waals surface area (Å²) in [6.45, 7) is 2.92. The molecule has 10 heteroatoms. The van der Waals surface area contributed by atoms with Gasteiger partial charge < -0.3 is 10.6 Å². The maximum Gasteiger partial charge on any atom is 0.451 e. The first-order chi connectivity index (χ1) is 16.5. The zero-order valence-corrected chi connectivity index (χ0v) is 20.0. The van der Waals surface area contributed by atoms with Gasteiger partial charge in [0.25, 0.3) is 0 Å². The summed E-state index contributed by atoms with van der Waals surface area (Å²) in [6.07, 6.45) is 2.51. The highest BCUT2D eigenvalue weighted by molar-refractivity contribution is 5.91. The summed E-state index contributed by atoms with van der Waals surface area (Å²) in [5, 5.41) is 6.29. The molecule has 2 amide bonds. The lowest BCUT2D eigenvalue weighted by Crippen LogP contribution is -2.51. The first-order valence-corrected chi connectivity index (χ1v) is 11.9. The van der Waals surface area contributed by atoms with Gasteiger partial charge in [-0.2, -0.15) is 13.2 Å². The Morgan fingerprint density at radius 2 is 1.80 bits per heavy atom. The Morgan fingerprint density at radius 1 is 1.14 bits per heavy atom. The van der Waals surface area contributed by atoms with Crippen molar-refractivity contribution in [2.75, 3.05) is 25.0 Å². The van der Waals surface area contributed by atoms with E-state index in [2.05, 4.69) is 27.5 Å². The molecule has 190 valence electrons. The number of rotatable bonds is 7. The van der Waals surface area contributed by atoms with Gasteiger partial charge in [-0.05, 0) is 74.6 Å². The summed E-state index contributed by atoms with van der Waals surface area (Å²) in [5.41, 5.74) is 0.436.